The van der Waals surface area contributed by atoms with Crippen LogP contribution in [0.15, 0.2) is 40.9 Å². The number of rotatable bonds is 3. The molecule has 0 saturated heterocycles. The standard InChI is InChI=1S/C17H19BrN2/c1-11-7-8-17(12(2)19-11)20-14-9-13(10-14)15-5-3-4-6-16(15)18/h3-8,13-14,20H,9-10H2,1-2H3. The number of anilines is 1. The number of hydrogen-bond donors (Lipinski definition) is 1. The van der Waals surface area contributed by atoms with Crippen LogP contribution in [0, 0.1) is 13.8 Å². The molecule has 3 rings (SSSR count). The van der Waals surface area contributed by atoms with Crippen molar-refractivity contribution in [3.63, 3.8) is 0 Å². The molecule has 1 saturated carbocycles. The molecule has 0 unspecified atom stereocenters. The number of aromatic nitrogens is 1. The zero-order chi connectivity index (χ0) is 14.1. The molecular weight excluding hydrogens is 312 g/mol. The van der Waals surface area contributed by atoms with Crippen LogP contribution in [0.1, 0.15) is 35.7 Å². The van der Waals surface area contributed by atoms with Gasteiger partial charge in [-0.3, -0.25) is 4.98 Å². The SMILES string of the molecule is Cc1ccc(NC2CC(c3ccccc3Br)C2)c(C)n1. The molecule has 1 heterocycles. The van der Waals surface area contributed by atoms with Gasteiger partial charge < -0.3 is 5.32 Å². The van der Waals surface area contributed by atoms with Crippen LogP contribution in [-0.2, 0) is 0 Å². The van der Waals surface area contributed by atoms with E-state index in [9.17, 15) is 0 Å². The number of benzene rings is 1. The first kappa shape index (κ1) is 13.6. The lowest BCUT2D eigenvalue weighted by molar-refractivity contribution is 0.373. The lowest BCUT2D eigenvalue weighted by Gasteiger charge is -2.37. The fourth-order valence-electron chi connectivity index (χ4n) is 2.85. The van der Waals surface area contributed by atoms with Gasteiger partial charge in [-0.1, -0.05) is 34.1 Å². The highest BCUT2D eigenvalue weighted by atomic mass is 79.9. The van der Waals surface area contributed by atoms with E-state index in [1.165, 1.54) is 28.6 Å². The summed E-state index contributed by atoms with van der Waals surface area (Å²) in [5, 5.41) is 3.62. The fraction of sp³-hybridized carbons (Fsp3) is 0.353. The minimum absolute atomic E-state index is 0.565. The van der Waals surface area contributed by atoms with Crippen molar-refractivity contribution in [1.82, 2.24) is 4.98 Å². The number of halogens is 1. The van der Waals surface area contributed by atoms with E-state index in [2.05, 4.69) is 69.6 Å². The highest BCUT2D eigenvalue weighted by Crippen LogP contribution is 2.41. The molecule has 1 N–H and O–H groups in total. The molecule has 20 heavy (non-hydrogen) atoms. The Bertz CT molecular complexity index is 618. The quantitative estimate of drug-likeness (QED) is 0.872. The summed E-state index contributed by atoms with van der Waals surface area (Å²) in [6.07, 6.45) is 2.38. The third-order valence-electron chi connectivity index (χ3n) is 4.07. The van der Waals surface area contributed by atoms with Crippen molar-refractivity contribution in [3.05, 3.63) is 57.8 Å². The van der Waals surface area contributed by atoms with Gasteiger partial charge >= 0.3 is 0 Å². The van der Waals surface area contributed by atoms with Crippen molar-refractivity contribution >= 4 is 21.6 Å². The van der Waals surface area contributed by atoms with Gasteiger partial charge in [-0.2, -0.15) is 0 Å². The highest BCUT2D eigenvalue weighted by molar-refractivity contribution is 9.10. The fourth-order valence-corrected chi connectivity index (χ4v) is 3.46. The lowest BCUT2D eigenvalue weighted by Crippen LogP contribution is -2.34. The predicted octanol–water partition coefficient (Wildman–Crippen LogP) is 4.82. The Hall–Kier alpha value is -1.35. The Balaban J connectivity index is 1.62. The Morgan fingerprint density at radius 1 is 1.10 bits per heavy atom. The molecule has 0 amide bonds. The van der Waals surface area contributed by atoms with Crippen LogP contribution in [-0.4, -0.2) is 11.0 Å². The van der Waals surface area contributed by atoms with Crippen LogP contribution in [0.3, 0.4) is 0 Å². The Morgan fingerprint density at radius 3 is 2.55 bits per heavy atom. The molecule has 0 aliphatic heterocycles. The van der Waals surface area contributed by atoms with E-state index < -0.39 is 0 Å². The summed E-state index contributed by atoms with van der Waals surface area (Å²) >= 11 is 3.65. The van der Waals surface area contributed by atoms with Crippen LogP contribution in [0.25, 0.3) is 0 Å². The minimum atomic E-state index is 0.565. The minimum Gasteiger partial charge on any atom is -0.381 e. The van der Waals surface area contributed by atoms with Crippen LogP contribution < -0.4 is 5.32 Å². The van der Waals surface area contributed by atoms with Crippen LogP contribution in [0.5, 0.6) is 0 Å². The molecule has 1 aliphatic carbocycles. The molecule has 3 heteroatoms. The summed E-state index contributed by atoms with van der Waals surface area (Å²) in [6.45, 7) is 4.10. The van der Waals surface area contributed by atoms with E-state index in [0.717, 1.165) is 11.4 Å². The maximum Gasteiger partial charge on any atom is 0.0606 e. The van der Waals surface area contributed by atoms with Gasteiger partial charge in [0.2, 0.25) is 0 Å². The van der Waals surface area contributed by atoms with Crippen molar-refractivity contribution in [2.24, 2.45) is 0 Å². The third-order valence-corrected chi connectivity index (χ3v) is 4.79. The largest absolute Gasteiger partial charge is 0.381 e. The molecule has 104 valence electrons. The molecular formula is C17H19BrN2. The number of hydrogen-bond acceptors (Lipinski definition) is 2. The molecule has 1 aromatic heterocycles. The molecule has 0 atom stereocenters. The molecule has 0 radical (unpaired) electrons. The van der Waals surface area contributed by atoms with E-state index in [1.807, 2.05) is 6.92 Å². The van der Waals surface area contributed by atoms with Gasteiger partial charge in [0, 0.05) is 16.2 Å². The highest BCUT2D eigenvalue weighted by Gasteiger charge is 2.31. The second-order valence-electron chi connectivity index (χ2n) is 5.62. The Morgan fingerprint density at radius 2 is 1.85 bits per heavy atom. The topological polar surface area (TPSA) is 24.9 Å². The van der Waals surface area contributed by atoms with Crippen LogP contribution in [0.4, 0.5) is 5.69 Å². The van der Waals surface area contributed by atoms with E-state index in [4.69, 9.17) is 0 Å². The first-order valence-corrected chi connectivity index (χ1v) is 7.88. The molecule has 0 bridgehead atoms. The number of nitrogens with zero attached hydrogens (tertiary/aromatic N) is 1. The van der Waals surface area contributed by atoms with Crippen molar-refractivity contribution in [1.29, 1.82) is 0 Å². The summed E-state index contributed by atoms with van der Waals surface area (Å²) in [6, 6.07) is 13.3. The monoisotopic (exact) mass is 330 g/mol. The average molecular weight is 331 g/mol. The van der Waals surface area contributed by atoms with E-state index in [1.54, 1.807) is 0 Å². The Labute approximate surface area is 128 Å². The Kier molecular flexibility index (Phi) is 3.79. The second kappa shape index (κ2) is 5.57. The van der Waals surface area contributed by atoms with Gasteiger partial charge in [0.05, 0.1) is 11.4 Å². The van der Waals surface area contributed by atoms with Gasteiger partial charge in [0.25, 0.3) is 0 Å². The number of nitrogens with one attached hydrogen (secondary N) is 1. The van der Waals surface area contributed by atoms with Gasteiger partial charge in [-0.25, -0.2) is 0 Å². The van der Waals surface area contributed by atoms with E-state index in [0.29, 0.717) is 12.0 Å². The summed E-state index contributed by atoms with van der Waals surface area (Å²) < 4.78 is 1.23. The number of aryl methyl sites for hydroxylation is 2. The summed E-state index contributed by atoms with van der Waals surface area (Å²) in [4.78, 5) is 4.51. The normalized spacial score (nSPS) is 21.4. The van der Waals surface area contributed by atoms with Gasteiger partial charge in [0.15, 0.2) is 0 Å². The first-order valence-electron chi connectivity index (χ1n) is 7.08. The van der Waals surface area contributed by atoms with Gasteiger partial charge in [0.1, 0.15) is 0 Å². The van der Waals surface area contributed by atoms with Gasteiger partial charge in [-0.15, -0.1) is 0 Å². The summed E-state index contributed by atoms with van der Waals surface area (Å²) in [5.74, 6) is 0.668. The first-order chi connectivity index (χ1) is 9.63. The van der Waals surface area contributed by atoms with E-state index in [-0.39, 0.29) is 0 Å². The molecule has 2 aromatic rings. The molecule has 1 aromatic carbocycles. The van der Waals surface area contributed by atoms with Crippen molar-refractivity contribution < 1.29 is 0 Å². The molecule has 2 nitrogen and oxygen atoms in total. The van der Waals surface area contributed by atoms with Crippen LogP contribution >= 0.6 is 15.9 Å². The summed E-state index contributed by atoms with van der Waals surface area (Å²) in [7, 11) is 0. The zero-order valence-electron chi connectivity index (χ0n) is 11.9. The summed E-state index contributed by atoms with van der Waals surface area (Å²) in [5.41, 5.74) is 4.78. The average Bonchev–Trinajstić information content (AvgIpc) is 2.37. The number of pyridine rings is 1. The van der Waals surface area contributed by atoms with Crippen LogP contribution in [0.2, 0.25) is 0 Å². The lowest BCUT2D eigenvalue weighted by atomic mass is 9.76. The van der Waals surface area contributed by atoms with Gasteiger partial charge in [-0.05, 0) is 56.4 Å². The van der Waals surface area contributed by atoms with Crippen molar-refractivity contribution in [2.45, 2.75) is 38.6 Å². The molecule has 1 fully saturated rings. The molecule has 0 spiro atoms. The predicted molar refractivity (Wildman–Crippen MR) is 87.2 cm³/mol. The maximum atomic E-state index is 4.51. The smallest absolute Gasteiger partial charge is 0.0606 e. The van der Waals surface area contributed by atoms with E-state index >= 15 is 0 Å². The molecule has 1 aliphatic rings. The zero-order valence-corrected chi connectivity index (χ0v) is 13.4. The maximum absolute atomic E-state index is 4.51. The van der Waals surface area contributed by atoms with Crippen molar-refractivity contribution in [2.75, 3.05) is 5.32 Å². The third kappa shape index (κ3) is 2.73. The second-order valence-corrected chi connectivity index (χ2v) is 6.47. The van der Waals surface area contributed by atoms with Crippen molar-refractivity contribution in [3.8, 4) is 0 Å².